The van der Waals surface area contributed by atoms with Crippen LogP contribution in [-0.4, -0.2) is 21.3 Å². The van der Waals surface area contributed by atoms with E-state index < -0.39 is 0 Å². The van der Waals surface area contributed by atoms with Gasteiger partial charge in [-0.25, -0.2) is 4.68 Å². The highest BCUT2D eigenvalue weighted by molar-refractivity contribution is 5.62. The highest BCUT2D eigenvalue weighted by Gasteiger charge is 2.20. The van der Waals surface area contributed by atoms with Crippen LogP contribution in [0, 0.1) is 5.92 Å². The summed E-state index contributed by atoms with van der Waals surface area (Å²) in [6.45, 7) is 1.95. The minimum absolute atomic E-state index is 0.848. The lowest BCUT2D eigenvalue weighted by molar-refractivity contribution is 0.639. The molecule has 0 amide bonds. The van der Waals surface area contributed by atoms with Crippen molar-refractivity contribution in [2.24, 2.45) is 5.92 Å². The molecule has 0 unspecified atom stereocenters. The third-order valence-electron chi connectivity index (χ3n) is 4.21. The first-order valence-corrected chi connectivity index (χ1v) is 8.15. The Hall–Kier alpha value is -2.46. The van der Waals surface area contributed by atoms with Crippen LogP contribution in [0.2, 0.25) is 0 Å². The number of aromatic nitrogens is 3. The maximum Gasteiger partial charge on any atom is 0.0973 e. The Bertz CT molecular complexity index is 761. The summed E-state index contributed by atoms with van der Waals surface area (Å²) in [5.74, 6) is 0.878. The highest BCUT2D eigenvalue weighted by Crippen LogP contribution is 2.28. The number of benzene rings is 1. The summed E-state index contributed by atoms with van der Waals surface area (Å²) in [7, 11) is 0. The summed E-state index contributed by atoms with van der Waals surface area (Å²) in [5, 5.41) is 8.38. The van der Waals surface area contributed by atoms with Crippen molar-refractivity contribution in [3.05, 3.63) is 66.6 Å². The molecule has 0 aliphatic heterocycles. The Morgan fingerprint density at radius 2 is 1.83 bits per heavy atom. The number of hydrogen-bond acceptors (Lipinski definition) is 3. The molecular weight excluding hydrogens is 284 g/mol. The molecule has 2 heterocycles. The largest absolute Gasteiger partial charge is 0.312 e. The van der Waals surface area contributed by atoms with Gasteiger partial charge in [0.25, 0.3) is 0 Å². The molecule has 116 valence electrons. The molecule has 1 N–H and O–H groups in total. The van der Waals surface area contributed by atoms with Crippen molar-refractivity contribution in [3.63, 3.8) is 0 Å². The lowest BCUT2D eigenvalue weighted by atomic mass is 10.1. The van der Waals surface area contributed by atoms with Crippen LogP contribution in [0.5, 0.6) is 0 Å². The van der Waals surface area contributed by atoms with Crippen LogP contribution in [-0.2, 0) is 6.54 Å². The average molecular weight is 304 g/mol. The topological polar surface area (TPSA) is 42.7 Å². The molecule has 3 aromatic rings. The monoisotopic (exact) mass is 304 g/mol. The zero-order valence-corrected chi connectivity index (χ0v) is 13.0. The standard InChI is InChI=1S/C19H20N4/c1-2-4-18(5-3-1)23-14-17(13-21-12-15-6-7-15)19(22-23)16-8-10-20-11-9-16/h1-5,8-11,14-15,21H,6-7,12-13H2. The molecule has 4 heteroatoms. The lowest BCUT2D eigenvalue weighted by Crippen LogP contribution is -2.16. The van der Waals surface area contributed by atoms with Gasteiger partial charge in [0, 0.05) is 36.3 Å². The number of pyridine rings is 1. The quantitative estimate of drug-likeness (QED) is 0.758. The summed E-state index contributed by atoms with van der Waals surface area (Å²) < 4.78 is 1.96. The summed E-state index contributed by atoms with van der Waals surface area (Å²) in [4.78, 5) is 4.11. The second kappa shape index (κ2) is 6.34. The van der Waals surface area contributed by atoms with Gasteiger partial charge in [0.05, 0.1) is 11.4 Å². The van der Waals surface area contributed by atoms with Crippen LogP contribution in [0.15, 0.2) is 61.1 Å². The molecule has 23 heavy (non-hydrogen) atoms. The van der Waals surface area contributed by atoms with E-state index in [4.69, 9.17) is 5.10 Å². The number of nitrogens with zero attached hydrogens (tertiary/aromatic N) is 3. The third kappa shape index (κ3) is 3.32. The Kier molecular flexibility index (Phi) is 3.90. The van der Waals surface area contributed by atoms with E-state index in [0.717, 1.165) is 36.0 Å². The number of hydrogen-bond donors (Lipinski definition) is 1. The van der Waals surface area contributed by atoms with Crippen molar-refractivity contribution in [2.45, 2.75) is 19.4 Å². The van der Waals surface area contributed by atoms with Crippen molar-refractivity contribution >= 4 is 0 Å². The Morgan fingerprint density at radius 3 is 2.57 bits per heavy atom. The minimum atomic E-state index is 0.848. The van der Waals surface area contributed by atoms with E-state index in [1.54, 1.807) is 0 Å². The van der Waals surface area contributed by atoms with E-state index in [9.17, 15) is 0 Å². The summed E-state index contributed by atoms with van der Waals surface area (Å²) in [5.41, 5.74) is 4.44. The smallest absolute Gasteiger partial charge is 0.0973 e. The predicted octanol–water partition coefficient (Wildman–Crippen LogP) is 3.43. The van der Waals surface area contributed by atoms with Gasteiger partial charge in [-0.1, -0.05) is 18.2 Å². The first-order valence-electron chi connectivity index (χ1n) is 8.15. The predicted molar refractivity (Wildman–Crippen MR) is 91.2 cm³/mol. The summed E-state index contributed by atoms with van der Waals surface area (Å²) >= 11 is 0. The molecule has 1 aromatic carbocycles. The number of para-hydroxylation sites is 1. The molecular formula is C19H20N4. The lowest BCUT2D eigenvalue weighted by Gasteiger charge is -2.04. The summed E-state index contributed by atoms with van der Waals surface area (Å²) in [6.07, 6.45) is 8.50. The maximum absolute atomic E-state index is 4.81. The van der Waals surface area contributed by atoms with E-state index in [1.807, 2.05) is 47.4 Å². The Labute approximate surface area is 136 Å². The second-order valence-corrected chi connectivity index (χ2v) is 6.09. The zero-order valence-electron chi connectivity index (χ0n) is 13.0. The van der Waals surface area contributed by atoms with Gasteiger partial charge in [0.15, 0.2) is 0 Å². The van der Waals surface area contributed by atoms with Crippen LogP contribution in [0.4, 0.5) is 0 Å². The average Bonchev–Trinajstić information content (AvgIpc) is 3.34. The fourth-order valence-corrected chi connectivity index (χ4v) is 2.74. The van der Waals surface area contributed by atoms with E-state index in [1.165, 1.54) is 18.4 Å². The first kappa shape index (κ1) is 14.2. The molecule has 1 aliphatic rings. The van der Waals surface area contributed by atoms with Crippen molar-refractivity contribution in [1.29, 1.82) is 0 Å². The van der Waals surface area contributed by atoms with Gasteiger partial charge >= 0.3 is 0 Å². The Morgan fingerprint density at radius 1 is 1.04 bits per heavy atom. The van der Waals surface area contributed by atoms with Crippen LogP contribution >= 0.6 is 0 Å². The molecule has 4 nitrogen and oxygen atoms in total. The second-order valence-electron chi connectivity index (χ2n) is 6.09. The molecule has 0 radical (unpaired) electrons. The van der Waals surface area contributed by atoms with Crippen LogP contribution < -0.4 is 5.32 Å². The van der Waals surface area contributed by atoms with E-state index in [-0.39, 0.29) is 0 Å². The van der Waals surface area contributed by atoms with E-state index >= 15 is 0 Å². The fourth-order valence-electron chi connectivity index (χ4n) is 2.74. The molecule has 2 aromatic heterocycles. The van der Waals surface area contributed by atoms with Gasteiger partial charge in [-0.2, -0.15) is 5.10 Å². The third-order valence-corrected chi connectivity index (χ3v) is 4.21. The van der Waals surface area contributed by atoms with Crippen molar-refractivity contribution in [2.75, 3.05) is 6.54 Å². The molecule has 1 fully saturated rings. The van der Waals surface area contributed by atoms with Gasteiger partial charge in [-0.15, -0.1) is 0 Å². The van der Waals surface area contributed by atoms with Gasteiger partial charge in [0.1, 0.15) is 0 Å². The molecule has 1 saturated carbocycles. The van der Waals surface area contributed by atoms with Gasteiger partial charge in [-0.05, 0) is 49.6 Å². The highest BCUT2D eigenvalue weighted by atomic mass is 15.3. The Balaban J connectivity index is 1.65. The van der Waals surface area contributed by atoms with E-state index in [2.05, 4.69) is 28.6 Å². The molecule has 1 aliphatic carbocycles. The fraction of sp³-hybridized carbons (Fsp3) is 0.263. The van der Waals surface area contributed by atoms with Crippen LogP contribution in [0.3, 0.4) is 0 Å². The SMILES string of the molecule is c1ccc(-n2cc(CNCC3CC3)c(-c3ccncc3)n2)cc1. The van der Waals surface area contributed by atoms with Crippen LogP contribution in [0.1, 0.15) is 18.4 Å². The van der Waals surface area contributed by atoms with Crippen molar-refractivity contribution < 1.29 is 0 Å². The van der Waals surface area contributed by atoms with Gasteiger partial charge < -0.3 is 5.32 Å². The number of rotatable bonds is 6. The molecule has 0 atom stereocenters. The van der Waals surface area contributed by atoms with Crippen molar-refractivity contribution in [1.82, 2.24) is 20.1 Å². The minimum Gasteiger partial charge on any atom is -0.312 e. The molecule has 0 saturated heterocycles. The van der Waals surface area contributed by atoms with E-state index in [0.29, 0.717) is 0 Å². The first-order chi connectivity index (χ1) is 11.4. The summed E-state index contributed by atoms with van der Waals surface area (Å²) in [6, 6.07) is 14.3. The zero-order chi connectivity index (χ0) is 15.5. The van der Waals surface area contributed by atoms with Crippen molar-refractivity contribution in [3.8, 4) is 16.9 Å². The molecule has 0 spiro atoms. The maximum atomic E-state index is 4.81. The molecule has 4 rings (SSSR count). The van der Waals surface area contributed by atoms with Crippen LogP contribution in [0.25, 0.3) is 16.9 Å². The molecule has 0 bridgehead atoms. The number of nitrogens with one attached hydrogen (secondary N) is 1. The van der Waals surface area contributed by atoms with Gasteiger partial charge in [0.2, 0.25) is 0 Å². The normalized spacial score (nSPS) is 14.1. The van der Waals surface area contributed by atoms with Gasteiger partial charge in [-0.3, -0.25) is 4.98 Å².